The van der Waals surface area contributed by atoms with Crippen LogP contribution in [0.5, 0.6) is 0 Å². The highest BCUT2D eigenvalue weighted by Gasteiger charge is 2.36. The number of hydrogen-bond donors (Lipinski definition) is 0. The lowest BCUT2D eigenvalue weighted by molar-refractivity contribution is 0.660. The first-order chi connectivity index (χ1) is 44.9. The minimum Gasteiger partial charge on any atom is -0.310 e. The highest BCUT2D eigenvalue weighted by molar-refractivity contribution is 6.12. The van der Waals surface area contributed by atoms with Gasteiger partial charge in [0.05, 0.1) is 33.1 Å². The van der Waals surface area contributed by atoms with Gasteiger partial charge in [0, 0.05) is 71.9 Å². The summed E-state index contributed by atoms with van der Waals surface area (Å²) < 4.78 is 7.18. The molecule has 17 aromatic rings. The molecule has 14 aromatic carbocycles. The summed E-state index contributed by atoms with van der Waals surface area (Å²) in [5, 5.41) is 7.56. The molecule has 0 bridgehead atoms. The third kappa shape index (κ3) is 8.44. The van der Waals surface area contributed by atoms with Gasteiger partial charge in [-0.15, -0.1) is 0 Å². The number of para-hydroxylation sites is 6. The Kier molecular flexibility index (Phi) is 11.9. The fourth-order valence-corrected chi connectivity index (χ4v) is 15.0. The maximum atomic E-state index is 2.45. The van der Waals surface area contributed by atoms with Gasteiger partial charge in [-0.25, -0.2) is 0 Å². The van der Waals surface area contributed by atoms with E-state index in [-0.39, 0.29) is 5.41 Å². The summed E-state index contributed by atoms with van der Waals surface area (Å²) in [6.45, 7) is 4.80. The molecular weight excluding hydrogens is 1100 g/mol. The zero-order chi connectivity index (χ0) is 60.3. The summed E-state index contributed by atoms with van der Waals surface area (Å²) in [5.74, 6) is 0. The summed E-state index contributed by atoms with van der Waals surface area (Å²) in [7, 11) is 0. The predicted octanol–water partition coefficient (Wildman–Crippen LogP) is 23.4. The Morgan fingerprint density at radius 2 is 0.505 bits per heavy atom. The molecular formula is C87H60N4. The monoisotopic (exact) mass is 1160 g/mol. The molecule has 0 aliphatic heterocycles. The summed E-state index contributed by atoms with van der Waals surface area (Å²) >= 11 is 0. The molecule has 0 radical (unpaired) electrons. The van der Waals surface area contributed by atoms with Crippen LogP contribution in [0.2, 0.25) is 0 Å². The second kappa shape index (κ2) is 20.7. The summed E-state index contributed by atoms with van der Waals surface area (Å²) in [4.78, 5) is 2.43. The van der Waals surface area contributed by atoms with Crippen molar-refractivity contribution < 1.29 is 0 Å². The van der Waals surface area contributed by atoms with Crippen molar-refractivity contribution >= 4 is 82.5 Å². The molecule has 91 heavy (non-hydrogen) atoms. The van der Waals surface area contributed by atoms with Crippen molar-refractivity contribution in [2.75, 3.05) is 4.90 Å². The Morgan fingerprint density at radius 1 is 0.220 bits per heavy atom. The third-order valence-electron chi connectivity index (χ3n) is 19.5. The lowest BCUT2D eigenvalue weighted by Gasteiger charge is -2.28. The van der Waals surface area contributed by atoms with Gasteiger partial charge in [-0.2, -0.15) is 0 Å². The fourth-order valence-electron chi connectivity index (χ4n) is 15.0. The Morgan fingerprint density at radius 3 is 0.956 bits per heavy atom. The van der Waals surface area contributed by atoms with E-state index in [9.17, 15) is 0 Å². The second-order valence-electron chi connectivity index (χ2n) is 24.9. The van der Waals surface area contributed by atoms with Crippen LogP contribution in [0.3, 0.4) is 0 Å². The summed E-state index contributed by atoms with van der Waals surface area (Å²) in [5.41, 5.74) is 28.4. The standard InChI is InChI=1S/C87H60N4/c1-87(2)79-53-62(64-41-51-78-76-24-12-16-28-84(76)91(86(78)55-64)66-19-7-4-8-20-66)39-49-71(79)72-52-48-70(56-80(72)87)88(68-44-35-59(36-45-68)60-37-46-69(47-38-60)89-81-25-13-9-21-73(81)74-22-10-14-26-82(74)89)67-42-33-58(34-43-67)57-29-31-61(32-30-57)63-40-50-77-75-23-11-15-27-83(75)90(85(77)54-63)65-17-5-3-6-18-65/h3-56H,1-2H3. The van der Waals surface area contributed by atoms with Crippen molar-refractivity contribution in [2.45, 2.75) is 19.3 Å². The highest BCUT2D eigenvalue weighted by Crippen LogP contribution is 2.52. The molecule has 0 unspecified atom stereocenters. The molecule has 3 aromatic heterocycles. The number of nitrogens with zero attached hydrogens (tertiary/aromatic N) is 4. The van der Waals surface area contributed by atoms with Gasteiger partial charge in [-0.05, 0) is 182 Å². The number of aromatic nitrogens is 3. The number of fused-ring (bicyclic) bond motifs is 12. The summed E-state index contributed by atoms with van der Waals surface area (Å²) in [6.07, 6.45) is 0. The molecule has 18 rings (SSSR count). The van der Waals surface area contributed by atoms with E-state index in [4.69, 9.17) is 0 Å². The minimum atomic E-state index is -0.275. The van der Waals surface area contributed by atoms with Gasteiger partial charge in [-0.3, -0.25) is 0 Å². The van der Waals surface area contributed by atoms with Crippen molar-refractivity contribution in [3.63, 3.8) is 0 Å². The van der Waals surface area contributed by atoms with Crippen LogP contribution in [0.15, 0.2) is 328 Å². The topological polar surface area (TPSA) is 18.0 Å². The van der Waals surface area contributed by atoms with E-state index in [0.717, 1.165) is 45.3 Å². The average Bonchev–Trinajstić information content (AvgIpc) is 1.64. The third-order valence-corrected chi connectivity index (χ3v) is 19.5. The van der Waals surface area contributed by atoms with E-state index in [1.165, 1.54) is 121 Å². The van der Waals surface area contributed by atoms with Crippen LogP contribution in [-0.4, -0.2) is 13.7 Å². The van der Waals surface area contributed by atoms with Crippen LogP contribution >= 0.6 is 0 Å². The van der Waals surface area contributed by atoms with E-state index in [1.54, 1.807) is 0 Å². The summed E-state index contributed by atoms with van der Waals surface area (Å²) in [6, 6.07) is 121. The molecule has 1 aliphatic carbocycles. The van der Waals surface area contributed by atoms with Crippen molar-refractivity contribution in [2.24, 2.45) is 0 Å². The van der Waals surface area contributed by atoms with Crippen LogP contribution in [-0.2, 0) is 5.41 Å². The molecule has 4 nitrogen and oxygen atoms in total. The molecule has 0 N–H and O–H groups in total. The van der Waals surface area contributed by atoms with Gasteiger partial charge in [0.15, 0.2) is 0 Å². The van der Waals surface area contributed by atoms with E-state index in [0.29, 0.717) is 0 Å². The predicted molar refractivity (Wildman–Crippen MR) is 383 cm³/mol. The van der Waals surface area contributed by atoms with Crippen molar-refractivity contribution in [3.05, 3.63) is 339 Å². The lowest BCUT2D eigenvalue weighted by atomic mass is 9.81. The molecule has 0 saturated heterocycles. The Labute approximate surface area is 528 Å². The molecule has 3 heterocycles. The van der Waals surface area contributed by atoms with Gasteiger partial charge in [0.25, 0.3) is 0 Å². The quantitative estimate of drug-likeness (QED) is 0.133. The first-order valence-corrected chi connectivity index (χ1v) is 31.6. The van der Waals surface area contributed by atoms with Crippen molar-refractivity contribution in [1.29, 1.82) is 0 Å². The smallest absolute Gasteiger partial charge is 0.0547 e. The van der Waals surface area contributed by atoms with Gasteiger partial charge in [0.1, 0.15) is 0 Å². The maximum absolute atomic E-state index is 2.45. The van der Waals surface area contributed by atoms with Gasteiger partial charge < -0.3 is 18.6 Å². The Bertz CT molecular complexity index is 5640. The minimum absolute atomic E-state index is 0.275. The zero-order valence-electron chi connectivity index (χ0n) is 50.5. The fraction of sp³-hybridized carbons (Fsp3) is 0.0345. The van der Waals surface area contributed by atoms with Gasteiger partial charge in [0.2, 0.25) is 0 Å². The molecule has 0 amide bonds. The molecule has 4 heteroatoms. The first-order valence-electron chi connectivity index (χ1n) is 31.6. The molecule has 1 aliphatic rings. The molecule has 0 fully saturated rings. The van der Waals surface area contributed by atoms with Crippen LogP contribution < -0.4 is 4.90 Å². The Hall–Kier alpha value is -11.7. The first kappa shape index (κ1) is 52.4. The normalized spacial score (nSPS) is 12.6. The van der Waals surface area contributed by atoms with E-state index < -0.39 is 0 Å². The average molecular weight is 1160 g/mol. The van der Waals surface area contributed by atoms with Crippen molar-refractivity contribution in [3.8, 4) is 72.7 Å². The molecule has 428 valence electrons. The molecule has 0 atom stereocenters. The lowest BCUT2D eigenvalue weighted by Crippen LogP contribution is -2.16. The number of anilines is 3. The Balaban J connectivity index is 0.692. The molecule has 0 spiro atoms. The van der Waals surface area contributed by atoms with E-state index in [1.807, 2.05) is 0 Å². The van der Waals surface area contributed by atoms with Gasteiger partial charge >= 0.3 is 0 Å². The van der Waals surface area contributed by atoms with E-state index >= 15 is 0 Å². The second-order valence-corrected chi connectivity index (χ2v) is 24.9. The van der Waals surface area contributed by atoms with Crippen molar-refractivity contribution in [1.82, 2.24) is 13.7 Å². The number of benzene rings is 14. The number of hydrogen-bond acceptors (Lipinski definition) is 1. The van der Waals surface area contributed by atoms with E-state index in [2.05, 4.69) is 360 Å². The van der Waals surface area contributed by atoms with Crippen LogP contribution in [0, 0.1) is 0 Å². The van der Waals surface area contributed by atoms with Gasteiger partial charge in [-0.1, -0.05) is 226 Å². The largest absolute Gasteiger partial charge is 0.310 e. The number of rotatable bonds is 10. The maximum Gasteiger partial charge on any atom is 0.0547 e. The van der Waals surface area contributed by atoms with Crippen LogP contribution in [0.4, 0.5) is 17.1 Å². The van der Waals surface area contributed by atoms with Crippen LogP contribution in [0.1, 0.15) is 25.0 Å². The SMILES string of the molecule is CC1(C)c2cc(-c3ccc4c5ccccc5n(-c5ccccc5)c4c3)ccc2-c2ccc(N(c3ccc(-c4ccc(-c5ccc6c7ccccc7n(-c7ccccc7)c6c5)cc4)cc3)c3ccc(-c4ccc(-n5c6ccccc6c6ccccc65)cc4)cc3)cc21. The zero-order valence-corrected chi connectivity index (χ0v) is 50.5. The molecule has 0 saturated carbocycles. The van der Waals surface area contributed by atoms with Crippen LogP contribution in [0.25, 0.3) is 138 Å². The highest BCUT2D eigenvalue weighted by atomic mass is 15.1.